The summed E-state index contributed by atoms with van der Waals surface area (Å²) >= 11 is 5.70. The Balaban J connectivity index is 1.81. The molecule has 1 amide bonds. The minimum absolute atomic E-state index is 0.0157. The number of benzene rings is 1. The lowest BCUT2D eigenvalue weighted by atomic mass is 10.00. The summed E-state index contributed by atoms with van der Waals surface area (Å²) < 4.78 is 13.8. The van der Waals surface area contributed by atoms with Gasteiger partial charge in [0.25, 0.3) is 5.91 Å². The van der Waals surface area contributed by atoms with Crippen LogP contribution in [0.15, 0.2) is 18.2 Å². The van der Waals surface area contributed by atoms with Crippen LogP contribution in [0, 0.1) is 17.7 Å². The molecule has 1 saturated heterocycles. The van der Waals surface area contributed by atoms with Crippen LogP contribution in [-0.4, -0.2) is 35.1 Å². The highest BCUT2D eigenvalue weighted by Crippen LogP contribution is 2.38. The lowest BCUT2D eigenvalue weighted by molar-refractivity contribution is 0.0748. The molecule has 19 heavy (non-hydrogen) atoms. The highest BCUT2D eigenvalue weighted by molar-refractivity contribution is 6.31. The van der Waals surface area contributed by atoms with Gasteiger partial charge in [-0.3, -0.25) is 4.79 Å². The molecule has 3 nitrogen and oxygen atoms in total. The summed E-state index contributed by atoms with van der Waals surface area (Å²) in [6, 6.07) is 4.45. The standard InChI is InChI=1S/C14H15ClFNO2/c15-11-3-1-2-9(13(11)16)14(19)17-6-8-4-5-12(18)10(8)7-17/h1-3,8,10,12,18H,4-7H2. The topological polar surface area (TPSA) is 40.5 Å². The second kappa shape index (κ2) is 4.76. The van der Waals surface area contributed by atoms with Gasteiger partial charge in [0.1, 0.15) is 0 Å². The molecule has 3 rings (SSSR count). The average Bonchev–Trinajstić information content (AvgIpc) is 2.95. The first kappa shape index (κ1) is 12.9. The lowest BCUT2D eigenvalue weighted by Crippen LogP contribution is -2.31. The summed E-state index contributed by atoms with van der Waals surface area (Å²) in [6.07, 6.45) is 1.42. The summed E-state index contributed by atoms with van der Waals surface area (Å²) in [7, 11) is 0. The highest BCUT2D eigenvalue weighted by atomic mass is 35.5. The van der Waals surface area contributed by atoms with E-state index in [2.05, 4.69) is 0 Å². The first-order valence-corrected chi connectivity index (χ1v) is 6.87. The molecule has 1 N–H and O–H groups in total. The van der Waals surface area contributed by atoms with Gasteiger partial charge in [0.05, 0.1) is 16.7 Å². The predicted molar refractivity (Wildman–Crippen MR) is 69.5 cm³/mol. The van der Waals surface area contributed by atoms with Gasteiger partial charge in [-0.2, -0.15) is 0 Å². The molecule has 1 aromatic rings. The molecule has 2 fully saturated rings. The second-order valence-corrected chi connectivity index (χ2v) is 5.79. The van der Waals surface area contributed by atoms with Crippen molar-refractivity contribution in [1.29, 1.82) is 0 Å². The number of likely N-dealkylation sites (tertiary alicyclic amines) is 1. The van der Waals surface area contributed by atoms with E-state index >= 15 is 0 Å². The molecule has 2 aliphatic rings. The van der Waals surface area contributed by atoms with Crippen molar-refractivity contribution in [2.45, 2.75) is 18.9 Å². The Morgan fingerprint density at radius 1 is 1.37 bits per heavy atom. The number of nitrogens with zero attached hydrogens (tertiary/aromatic N) is 1. The maximum absolute atomic E-state index is 13.8. The summed E-state index contributed by atoms with van der Waals surface area (Å²) in [5, 5.41) is 9.80. The highest BCUT2D eigenvalue weighted by Gasteiger charge is 2.43. The molecular formula is C14H15ClFNO2. The van der Waals surface area contributed by atoms with Gasteiger partial charge in [0, 0.05) is 19.0 Å². The van der Waals surface area contributed by atoms with Crippen LogP contribution >= 0.6 is 11.6 Å². The Labute approximate surface area is 116 Å². The Hall–Kier alpha value is -1.13. The number of amides is 1. The van der Waals surface area contributed by atoms with Gasteiger partial charge in [-0.25, -0.2) is 4.39 Å². The van der Waals surface area contributed by atoms with Crippen molar-refractivity contribution < 1.29 is 14.3 Å². The van der Waals surface area contributed by atoms with Crippen LogP contribution in [0.1, 0.15) is 23.2 Å². The third-order valence-corrected chi connectivity index (χ3v) is 4.58. The third-order valence-electron chi connectivity index (χ3n) is 4.29. The van der Waals surface area contributed by atoms with Gasteiger partial charge < -0.3 is 10.0 Å². The lowest BCUT2D eigenvalue weighted by Gasteiger charge is -2.19. The largest absolute Gasteiger partial charge is 0.393 e. The molecule has 3 unspecified atom stereocenters. The van der Waals surface area contributed by atoms with Crippen molar-refractivity contribution in [2.24, 2.45) is 11.8 Å². The Morgan fingerprint density at radius 3 is 2.89 bits per heavy atom. The molecule has 0 aromatic heterocycles. The zero-order chi connectivity index (χ0) is 13.6. The van der Waals surface area contributed by atoms with E-state index in [-0.39, 0.29) is 28.5 Å². The quantitative estimate of drug-likeness (QED) is 0.859. The first-order chi connectivity index (χ1) is 9.08. The van der Waals surface area contributed by atoms with Crippen molar-refractivity contribution in [3.8, 4) is 0 Å². The van der Waals surface area contributed by atoms with Gasteiger partial charge in [-0.05, 0) is 30.9 Å². The Kier molecular flexibility index (Phi) is 3.23. The van der Waals surface area contributed by atoms with E-state index in [0.29, 0.717) is 19.0 Å². The zero-order valence-corrected chi connectivity index (χ0v) is 11.1. The molecule has 0 radical (unpaired) electrons. The SMILES string of the molecule is O=C(c1cccc(Cl)c1F)N1CC2CCC(O)C2C1. The molecule has 102 valence electrons. The maximum Gasteiger partial charge on any atom is 0.256 e. The van der Waals surface area contributed by atoms with E-state index in [0.717, 1.165) is 12.8 Å². The number of aliphatic hydroxyl groups excluding tert-OH is 1. The van der Waals surface area contributed by atoms with E-state index in [4.69, 9.17) is 11.6 Å². The van der Waals surface area contributed by atoms with Crippen LogP contribution in [0.5, 0.6) is 0 Å². The van der Waals surface area contributed by atoms with Crippen LogP contribution < -0.4 is 0 Å². The predicted octanol–water partition coefficient (Wildman–Crippen LogP) is 2.32. The van der Waals surface area contributed by atoms with Gasteiger partial charge in [-0.15, -0.1) is 0 Å². The van der Waals surface area contributed by atoms with E-state index < -0.39 is 5.82 Å². The number of fused-ring (bicyclic) bond motifs is 1. The molecule has 1 aliphatic heterocycles. The molecule has 1 aromatic carbocycles. The number of rotatable bonds is 1. The minimum Gasteiger partial charge on any atom is -0.393 e. The van der Waals surface area contributed by atoms with Crippen molar-refractivity contribution >= 4 is 17.5 Å². The third kappa shape index (κ3) is 2.13. The summed E-state index contributed by atoms with van der Waals surface area (Å²) in [5.41, 5.74) is 0.0157. The molecular weight excluding hydrogens is 269 g/mol. The first-order valence-electron chi connectivity index (χ1n) is 6.49. The van der Waals surface area contributed by atoms with Crippen LogP contribution in [0.2, 0.25) is 5.02 Å². The Bertz CT molecular complexity index is 522. The molecule has 1 saturated carbocycles. The summed E-state index contributed by atoms with van der Waals surface area (Å²) in [5.74, 6) is -0.499. The normalized spacial score (nSPS) is 29.6. The summed E-state index contributed by atoms with van der Waals surface area (Å²) in [4.78, 5) is 13.9. The summed E-state index contributed by atoms with van der Waals surface area (Å²) in [6.45, 7) is 1.11. The van der Waals surface area contributed by atoms with Crippen LogP contribution in [-0.2, 0) is 0 Å². The molecule has 1 aliphatic carbocycles. The fourth-order valence-electron chi connectivity index (χ4n) is 3.24. The van der Waals surface area contributed by atoms with Gasteiger partial charge in [0.15, 0.2) is 5.82 Å². The fourth-order valence-corrected chi connectivity index (χ4v) is 3.42. The van der Waals surface area contributed by atoms with E-state index in [1.807, 2.05) is 0 Å². The van der Waals surface area contributed by atoms with Crippen molar-refractivity contribution in [3.05, 3.63) is 34.6 Å². The Morgan fingerprint density at radius 2 is 2.16 bits per heavy atom. The molecule has 0 bridgehead atoms. The minimum atomic E-state index is -0.660. The maximum atomic E-state index is 13.8. The molecule has 1 heterocycles. The van der Waals surface area contributed by atoms with Gasteiger partial charge >= 0.3 is 0 Å². The number of aliphatic hydroxyl groups is 1. The van der Waals surface area contributed by atoms with E-state index in [1.54, 1.807) is 11.0 Å². The van der Waals surface area contributed by atoms with Crippen molar-refractivity contribution in [2.75, 3.05) is 13.1 Å². The second-order valence-electron chi connectivity index (χ2n) is 5.38. The number of carbonyl (C=O) groups excluding carboxylic acids is 1. The number of hydrogen-bond donors (Lipinski definition) is 1. The number of halogens is 2. The number of hydrogen-bond acceptors (Lipinski definition) is 2. The van der Waals surface area contributed by atoms with Gasteiger partial charge in [-0.1, -0.05) is 17.7 Å². The van der Waals surface area contributed by atoms with Crippen molar-refractivity contribution in [1.82, 2.24) is 4.90 Å². The van der Waals surface area contributed by atoms with E-state index in [1.165, 1.54) is 12.1 Å². The zero-order valence-electron chi connectivity index (χ0n) is 10.4. The molecule has 3 atom stereocenters. The number of carbonyl (C=O) groups is 1. The van der Waals surface area contributed by atoms with Crippen LogP contribution in [0.3, 0.4) is 0 Å². The monoisotopic (exact) mass is 283 g/mol. The fraction of sp³-hybridized carbons (Fsp3) is 0.500. The average molecular weight is 284 g/mol. The van der Waals surface area contributed by atoms with Crippen LogP contribution in [0.25, 0.3) is 0 Å². The van der Waals surface area contributed by atoms with E-state index in [9.17, 15) is 14.3 Å². The molecule has 5 heteroatoms. The smallest absolute Gasteiger partial charge is 0.256 e. The van der Waals surface area contributed by atoms with Gasteiger partial charge in [0.2, 0.25) is 0 Å². The molecule has 0 spiro atoms. The van der Waals surface area contributed by atoms with Crippen molar-refractivity contribution in [3.63, 3.8) is 0 Å². The van der Waals surface area contributed by atoms with Crippen LogP contribution in [0.4, 0.5) is 4.39 Å².